The quantitative estimate of drug-likeness (QED) is 0.120. The molecule has 2 aromatic heterocycles. The summed E-state index contributed by atoms with van der Waals surface area (Å²) in [7, 11) is 1.85. The molecule has 0 spiro atoms. The Labute approximate surface area is 255 Å². The molecule has 224 valence electrons. The number of unbranched alkanes of at least 4 members (excludes halogenated alkanes) is 1. The lowest BCUT2D eigenvalue weighted by Crippen LogP contribution is -2.56. The number of hydrogen-bond donors (Lipinski definition) is 4. The van der Waals surface area contributed by atoms with Crippen molar-refractivity contribution in [3.05, 3.63) is 81.2 Å². The molecular formula is C27H33F2IN10O2. The number of aromatic nitrogens is 4. The molecule has 4 N–H and O–H groups in total. The van der Waals surface area contributed by atoms with E-state index in [1.807, 2.05) is 36.5 Å². The lowest BCUT2D eigenvalue weighted by molar-refractivity contribution is -0.0263. The number of aliphatic hydroxyl groups is 1. The SMILES string of the molecule is CN1NN(CCCCn2cc(C(=O)NCc3cncc(N4CC(F)(F)C4)c3)nn2)C=C1C(O)NCc1cccc(I)c1. The Morgan fingerprint density at radius 3 is 2.76 bits per heavy atom. The van der Waals surface area contributed by atoms with Crippen molar-refractivity contribution in [2.75, 3.05) is 31.6 Å². The summed E-state index contributed by atoms with van der Waals surface area (Å²) in [5.41, 5.74) is 6.53. The number of carbonyl (C=O) groups is 1. The van der Waals surface area contributed by atoms with Crippen molar-refractivity contribution in [1.82, 2.24) is 46.2 Å². The lowest BCUT2D eigenvalue weighted by Gasteiger charge is -2.40. The summed E-state index contributed by atoms with van der Waals surface area (Å²) >= 11 is 2.27. The van der Waals surface area contributed by atoms with Gasteiger partial charge >= 0.3 is 0 Å². The third kappa shape index (κ3) is 7.90. The molecule has 1 unspecified atom stereocenters. The third-order valence-electron chi connectivity index (χ3n) is 6.87. The summed E-state index contributed by atoms with van der Waals surface area (Å²) in [4.78, 5) is 18.2. The van der Waals surface area contributed by atoms with Crippen molar-refractivity contribution in [2.24, 2.45) is 0 Å². The van der Waals surface area contributed by atoms with Crippen molar-refractivity contribution >= 4 is 34.2 Å². The standard InChI is InChI=1S/C27H33F2IN10O2/c1-37-24(26(42)33-12-19-5-4-6-21(30)9-19)16-40(36-37)8-3-2-7-39-15-23(34-35-39)25(41)32-13-20-10-22(14-31-11-20)38-17-27(28,29)18-38/h4-6,9-11,14-16,26,33,36,42H,2-3,7-8,12-13,17-18H2,1H3,(H,32,41). The number of hydrazine groups is 2. The molecule has 2 aliphatic heterocycles. The second kappa shape index (κ2) is 13.3. The average molecular weight is 695 g/mol. The first-order valence-electron chi connectivity index (χ1n) is 13.5. The van der Waals surface area contributed by atoms with Crippen LogP contribution in [0.25, 0.3) is 0 Å². The first-order chi connectivity index (χ1) is 20.1. The maximum atomic E-state index is 13.2. The van der Waals surface area contributed by atoms with E-state index in [2.05, 4.69) is 60.1 Å². The number of pyridine rings is 1. The second-order valence-corrected chi connectivity index (χ2v) is 11.6. The topological polar surface area (TPSA) is 127 Å². The van der Waals surface area contributed by atoms with Crippen LogP contribution in [-0.2, 0) is 19.6 Å². The van der Waals surface area contributed by atoms with Gasteiger partial charge in [-0.1, -0.05) is 17.3 Å². The van der Waals surface area contributed by atoms with Crippen LogP contribution in [0.4, 0.5) is 14.5 Å². The smallest absolute Gasteiger partial charge is 0.282 e. The van der Waals surface area contributed by atoms with Gasteiger partial charge in [-0.15, -0.1) is 10.6 Å². The van der Waals surface area contributed by atoms with Gasteiger partial charge in [-0.05, 0) is 64.8 Å². The average Bonchev–Trinajstić information content (AvgIpc) is 3.58. The molecule has 1 aromatic carbocycles. The summed E-state index contributed by atoms with van der Waals surface area (Å²) in [6.07, 6.45) is 7.43. The number of hydrogen-bond acceptors (Lipinski definition) is 10. The fourth-order valence-corrected chi connectivity index (χ4v) is 5.25. The van der Waals surface area contributed by atoms with Crippen molar-refractivity contribution in [3.8, 4) is 0 Å². The maximum Gasteiger partial charge on any atom is 0.282 e. The number of benzene rings is 1. The minimum Gasteiger partial charge on any atom is -0.373 e. The molecule has 1 amide bonds. The van der Waals surface area contributed by atoms with Gasteiger partial charge in [0.05, 0.1) is 36.9 Å². The highest BCUT2D eigenvalue weighted by Crippen LogP contribution is 2.31. The number of rotatable bonds is 13. The van der Waals surface area contributed by atoms with E-state index in [0.717, 1.165) is 27.7 Å². The number of carbonyl (C=O) groups excluding carboxylic acids is 1. The summed E-state index contributed by atoms with van der Waals surface area (Å²) in [6.45, 7) is 1.39. The Balaban J connectivity index is 1.01. The third-order valence-corrected chi connectivity index (χ3v) is 7.54. The van der Waals surface area contributed by atoms with Crippen LogP contribution in [0.5, 0.6) is 0 Å². The number of likely N-dealkylation sites (N-methyl/N-ethyl adjacent to an activating group) is 1. The van der Waals surface area contributed by atoms with Gasteiger partial charge < -0.3 is 15.3 Å². The molecule has 1 saturated heterocycles. The summed E-state index contributed by atoms with van der Waals surface area (Å²) in [5, 5.41) is 28.3. The predicted octanol–water partition coefficient (Wildman–Crippen LogP) is 2.06. The Morgan fingerprint density at radius 2 is 1.98 bits per heavy atom. The van der Waals surface area contributed by atoms with Gasteiger partial charge in [-0.3, -0.25) is 29.8 Å². The zero-order valence-corrected chi connectivity index (χ0v) is 25.2. The summed E-state index contributed by atoms with van der Waals surface area (Å²) in [6, 6.07) is 9.86. The molecule has 5 rings (SSSR count). The van der Waals surface area contributed by atoms with E-state index in [9.17, 15) is 18.7 Å². The largest absolute Gasteiger partial charge is 0.373 e. The Bertz CT molecular complexity index is 1410. The zero-order chi connectivity index (χ0) is 29.7. The maximum absolute atomic E-state index is 13.2. The van der Waals surface area contributed by atoms with Crippen molar-refractivity contribution < 1.29 is 18.7 Å². The number of nitrogens with one attached hydrogen (secondary N) is 3. The first-order valence-corrected chi connectivity index (χ1v) is 14.6. The van der Waals surface area contributed by atoms with E-state index in [-0.39, 0.29) is 31.2 Å². The van der Waals surface area contributed by atoms with E-state index in [1.54, 1.807) is 33.1 Å². The Morgan fingerprint density at radius 1 is 1.17 bits per heavy atom. The van der Waals surface area contributed by atoms with Gasteiger partial charge in [0, 0.05) is 49.2 Å². The normalized spacial score (nSPS) is 16.8. The highest BCUT2D eigenvalue weighted by atomic mass is 127. The first kappa shape index (κ1) is 30.1. The minimum atomic E-state index is -2.67. The number of anilines is 1. The Hall–Kier alpha value is -3.41. The van der Waals surface area contributed by atoms with Crippen LogP contribution in [0.3, 0.4) is 0 Å². The number of amides is 1. The van der Waals surface area contributed by atoms with Crippen LogP contribution in [0.1, 0.15) is 34.5 Å². The molecule has 4 heterocycles. The van der Waals surface area contributed by atoms with Gasteiger partial charge in [0.1, 0.15) is 6.23 Å². The van der Waals surface area contributed by atoms with E-state index < -0.39 is 12.2 Å². The van der Waals surface area contributed by atoms with Crippen molar-refractivity contribution in [3.63, 3.8) is 0 Å². The molecule has 0 saturated carbocycles. The number of aryl methyl sites for hydroxylation is 1. The molecule has 2 aliphatic rings. The van der Waals surface area contributed by atoms with E-state index in [0.29, 0.717) is 30.9 Å². The van der Waals surface area contributed by atoms with Crippen LogP contribution in [0.15, 0.2) is 60.8 Å². The highest BCUT2D eigenvalue weighted by molar-refractivity contribution is 14.1. The van der Waals surface area contributed by atoms with Crippen LogP contribution in [-0.4, -0.2) is 79.8 Å². The molecule has 3 aromatic rings. The summed E-state index contributed by atoms with van der Waals surface area (Å²) in [5.74, 6) is -3.04. The van der Waals surface area contributed by atoms with Gasteiger partial charge in [-0.25, -0.2) is 8.78 Å². The van der Waals surface area contributed by atoms with Crippen LogP contribution >= 0.6 is 22.6 Å². The molecule has 12 nitrogen and oxygen atoms in total. The molecular weight excluding hydrogens is 661 g/mol. The predicted molar refractivity (Wildman–Crippen MR) is 160 cm³/mol. The van der Waals surface area contributed by atoms with Gasteiger partial charge in [0.2, 0.25) is 0 Å². The highest BCUT2D eigenvalue weighted by Gasteiger charge is 2.44. The molecule has 15 heteroatoms. The molecule has 1 atom stereocenters. The molecule has 0 aliphatic carbocycles. The minimum absolute atomic E-state index is 0.194. The number of alkyl halides is 2. The zero-order valence-electron chi connectivity index (χ0n) is 23.1. The van der Waals surface area contributed by atoms with E-state index in [1.165, 1.54) is 6.20 Å². The van der Waals surface area contributed by atoms with E-state index >= 15 is 0 Å². The van der Waals surface area contributed by atoms with Crippen LogP contribution < -0.4 is 21.1 Å². The van der Waals surface area contributed by atoms with Gasteiger partial charge in [0.15, 0.2) is 5.69 Å². The van der Waals surface area contributed by atoms with E-state index in [4.69, 9.17) is 0 Å². The molecule has 42 heavy (non-hydrogen) atoms. The number of halogens is 3. The molecule has 0 bridgehead atoms. The molecule has 1 fully saturated rings. The molecule has 0 radical (unpaired) electrons. The lowest BCUT2D eigenvalue weighted by atomic mass is 10.1. The van der Waals surface area contributed by atoms with Gasteiger partial charge in [-0.2, -0.15) is 0 Å². The fourth-order valence-electron chi connectivity index (χ4n) is 4.64. The number of aliphatic hydroxyl groups excluding tert-OH is 1. The van der Waals surface area contributed by atoms with Crippen LogP contribution in [0.2, 0.25) is 0 Å². The monoisotopic (exact) mass is 694 g/mol. The van der Waals surface area contributed by atoms with Crippen molar-refractivity contribution in [2.45, 2.75) is 44.6 Å². The summed E-state index contributed by atoms with van der Waals surface area (Å²) < 4.78 is 29.1. The van der Waals surface area contributed by atoms with Crippen LogP contribution in [0, 0.1) is 3.57 Å². The second-order valence-electron chi connectivity index (χ2n) is 10.3. The van der Waals surface area contributed by atoms with Crippen molar-refractivity contribution in [1.29, 1.82) is 0 Å². The fraction of sp³-hybridized carbons (Fsp3) is 0.407. The Kier molecular flexibility index (Phi) is 9.50. The number of nitrogens with zero attached hydrogens (tertiary/aromatic N) is 7. The van der Waals surface area contributed by atoms with Gasteiger partial charge in [0.25, 0.3) is 11.8 Å².